The van der Waals surface area contributed by atoms with E-state index in [9.17, 15) is 15.0 Å². The topological polar surface area (TPSA) is 76.0 Å². The number of methoxy groups -OCH3 is 1. The fourth-order valence-corrected chi connectivity index (χ4v) is 1.67. The molecule has 106 valence electrons. The number of ether oxygens (including phenoxy) is 2. The van der Waals surface area contributed by atoms with Gasteiger partial charge in [0.1, 0.15) is 0 Å². The van der Waals surface area contributed by atoms with Crippen LogP contribution in [0.25, 0.3) is 0 Å². The molecule has 19 heavy (non-hydrogen) atoms. The van der Waals surface area contributed by atoms with Crippen LogP contribution in [0.3, 0.4) is 0 Å². The normalized spacial score (nSPS) is 15.8. The van der Waals surface area contributed by atoms with E-state index >= 15 is 0 Å². The summed E-state index contributed by atoms with van der Waals surface area (Å²) in [6.45, 7) is 3.51. The largest absolute Gasteiger partial charge is 0.479 e. The minimum Gasteiger partial charge on any atom is -0.479 e. The maximum atomic E-state index is 11.4. The summed E-state index contributed by atoms with van der Waals surface area (Å²) < 4.78 is 10.5. The van der Waals surface area contributed by atoms with Gasteiger partial charge in [-0.1, -0.05) is 24.3 Å². The average molecular weight is 268 g/mol. The Morgan fingerprint density at radius 3 is 2.47 bits per heavy atom. The van der Waals surface area contributed by atoms with Crippen molar-refractivity contribution < 1.29 is 24.5 Å². The molecular formula is C14H20O5. The first-order chi connectivity index (χ1) is 8.97. The number of rotatable bonds is 7. The highest BCUT2D eigenvalue weighted by atomic mass is 16.5. The van der Waals surface area contributed by atoms with Gasteiger partial charge in [0.25, 0.3) is 0 Å². The Morgan fingerprint density at radius 1 is 1.32 bits per heavy atom. The molecule has 5 heteroatoms. The Bertz CT molecular complexity index is 416. The predicted molar refractivity (Wildman–Crippen MR) is 69.8 cm³/mol. The first kappa shape index (κ1) is 15.6. The van der Waals surface area contributed by atoms with Crippen LogP contribution >= 0.6 is 0 Å². The van der Waals surface area contributed by atoms with Crippen molar-refractivity contribution >= 4 is 5.97 Å². The number of benzene rings is 1. The standard InChI is InChI=1S/C14H20O5/c1-9(15)10(2)19-13(14(16)17)12-7-5-4-6-11(12)8-18-3/h4-7,9-10,13,15H,8H2,1-3H3,(H,16,17). The summed E-state index contributed by atoms with van der Waals surface area (Å²) in [4.78, 5) is 11.4. The molecule has 0 saturated heterocycles. The van der Waals surface area contributed by atoms with Gasteiger partial charge in [-0.05, 0) is 25.0 Å². The Labute approximate surface area is 112 Å². The van der Waals surface area contributed by atoms with E-state index in [4.69, 9.17) is 9.47 Å². The highest BCUT2D eigenvalue weighted by molar-refractivity contribution is 5.75. The van der Waals surface area contributed by atoms with Crippen molar-refractivity contribution in [2.45, 2.75) is 38.8 Å². The van der Waals surface area contributed by atoms with Crippen molar-refractivity contribution in [3.8, 4) is 0 Å². The van der Waals surface area contributed by atoms with E-state index in [0.29, 0.717) is 12.2 Å². The van der Waals surface area contributed by atoms with E-state index in [-0.39, 0.29) is 0 Å². The quantitative estimate of drug-likeness (QED) is 0.787. The molecule has 0 bridgehead atoms. The van der Waals surface area contributed by atoms with Gasteiger partial charge < -0.3 is 19.7 Å². The van der Waals surface area contributed by atoms with Crippen LogP contribution in [-0.2, 0) is 20.9 Å². The molecule has 3 unspecified atom stereocenters. The summed E-state index contributed by atoms with van der Waals surface area (Å²) in [6, 6.07) is 7.06. The van der Waals surface area contributed by atoms with Crippen molar-refractivity contribution in [2.75, 3.05) is 7.11 Å². The van der Waals surface area contributed by atoms with Crippen molar-refractivity contribution in [1.82, 2.24) is 0 Å². The summed E-state index contributed by atoms with van der Waals surface area (Å²) in [5.74, 6) is -1.09. The molecular weight excluding hydrogens is 248 g/mol. The summed E-state index contributed by atoms with van der Waals surface area (Å²) in [6.07, 6.45) is -2.43. The van der Waals surface area contributed by atoms with E-state index < -0.39 is 24.3 Å². The first-order valence-corrected chi connectivity index (χ1v) is 6.10. The molecule has 1 rings (SSSR count). The lowest BCUT2D eigenvalue weighted by atomic mass is 10.0. The molecule has 2 N–H and O–H groups in total. The van der Waals surface area contributed by atoms with E-state index in [2.05, 4.69) is 0 Å². The fraction of sp³-hybridized carbons (Fsp3) is 0.500. The zero-order valence-electron chi connectivity index (χ0n) is 11.4. The Balaban J connectivity index is 3.02. The van der Waals surface area contributed by atoms with E-state index in [1.165, 1.54) is 0 Å². The molecule has 5 nitrogen and oxygen atoms in total. The Kier molecular flexibility index (Phi) is 5.95. The van der Waals surface area contributed by atoms with Crippen molar-refractivity contribution in [1.29, 1.82) is 0 Å². The van der Waals surface area contributed by atoms with Gasteiger partial charge in [0.15, 0.2) is 6.10 Å². The van der Waals surface area contributed by atoms with Crippen LogP contribution in [-0.4, -0.2) is 35.5 Å². The lowest BCUT2D eigenvalue weighted by Gasteiger charge is -2.23. The lowest BCUT2D eigenvalue weighted by Crippen LogP contribution is -2.28. The third-order valence-corrected chi connectivity index (χ3v) is 2.89. The highest BCUT2D eigenvalue weighted by Gasteiger charge is 2.26. The Hall–Kier alpha value is -1.43. The SMILES string of the molecule is COCc1ccccc1C(OC(C)C(C)O)C(=O)O. The molecule has 0 aliphatic carbocycles. The van der Waals surface area contributed by atoms with Crippen molar-refractivity contribution in [3.05, 3.63) is 35.4 Å². The van der Waals surface area contributed by atoms with Gasteiger partial charge in [-0.3, -0.25) is 0 Å². The highest BCUT2D eigenvalue weighted by Crippen LogP contribution is 2.24. The minimum absolute atomic E-state index is 0.312. The first-order valence-electron chi connectivity index (χ1n) is 6.10. The number of hydrogen-bond acceptors (Lipinski definition) is 4. The van der Waals surface area contributed by atoms with Crippen molar-refractivity contribution in [2.24, 2.45) is 0 Å². The Morgan fingerprint density at radius 2 is 1.95 bits per heavy atom. The smallest absolute Gasteiger partial charge is 0.337 e. The van der Waals surface area contributed by atoms with Gasteiger partial charge in [0.05, 0.1) is 18.8 Å². The fourth-order valence-electron chi connectivity index (χ4n) is 1.67. The second kappa shape index (κ2) is 7.23. The van der Waals surface area contributed by atoms with E-state index in [1.54, 1.807) is 39.2 Å². The minimum atomic E-state index is -1.11. The van der Waals surface area contributed by atoms with Crippen LogP contribution in [0.15, 0.2) is 24.3 Å². The number of aliphatic hydroxyl groups excluding tert-OH is 1. The van der Waals surface area contributed by atoms with Gasteiger partial charge in [-0.15, -0.1) is 0 Å². The zero-order chi connectivity index (χ0) is 14.4. The summed E-state index contributed by atoms with van der Waals surface area (Å²) in [5.41, 5.74) is 1.31. The number of carbonyl (C=O) groups is 1. The molecule has 0 aromatic heterocycles. The molecule has 3 atom stereocenters. The van der Waals surface area contributed by atoms with Crippen molar-refractivity contribution in [3.63, 3.8) is 0 Å². The van der Waals surface area contributed by atoms with Crippen LogP contribution in [0.2, 0.25) is 0 Å². The van der Waals surface area contributed by atoms with Gasteiger partial charge in [-0.2, -0.15) is 0 Å². The van der Waals surface area contributed by atoms with Gasteiger partial charge in [-0.25, -0.2) is 4.79 Å². The number of aliphatic hydroxyl groups is 1. The van der Waals surface area contributed by atoms with Crippen LogP contribution in [0.4, 0.5) is 0 Å². The lowest BCUT2D eigenvalue weighted by molar-refractivity contribution is -0.158. The molecule has 0 amide bonds. The molecule has 0 spiro atoms. The molecule has 1 aromatic carbocycles. The van der Waals surface area contributed by atoms with Gasteiger partial charge >= 0.3 is 5.97 Å². The molecule has 0 radical (unpaired) electrons. The predicted octanol–water partition coefficient (Wildman–Crippen LogP) is 1.74. The third-order valence-electron chi connectivity index (χ3n) is 2.89. The van der Waals surface area contributed by atoms with Crippen LogP contribution in [0.5, 0.6) is 0 Å². The summed E-state index contributed by atoms with van der Waals surface area (Å²) in [7, 11) is 1.55. The number of carboxylic acid groups (broad SMARTS) is 1. The van der Waals surface area contributed by atoms with Crippen LogP contribution in [0, 0.1) is 0 Å². The van der Waals surface area contributed by atoms with E-state index in [0.717, 1.165) is 5.56 Å². The second-order valence-electron chi connectivity index (χ2n) is 4.43. The molecule has 0 aliphatic heterocycles. The molecule has 0 heterocycles. The molecule has 0 saturated carbocycles. The molecule has 0 aliphatic rings. The maximum Gasteiger partial charge on any atom is 0.337 e. The molecule has 0 fully saturated rings. The van der Waals surface area contributed by atoms with Gasteiger partial charge in [0, 0.05) is 7.11 Å². The summed E-state index contributed by atoms with van der Waals surface area (Å²) in [5, 5.41) is 18.7. The second-order valence-corrected chi connectivity index (χ2v) is 4.43. The maximum absolute atomic E-state index is 11.4. The monoisotopic (exact) mass is 268 g/mol. The molecule has 1 aromatic rings. The number of hydrogen-bond donors (Lipinski definition) is 2. The zero-order valence-corrected chi connectivity index (χ0v) is 11.4. The van der Waals surface area contributed by atoms with E-state index in [1.807, 2.05) is 6.07 Å². The van der Waals surface area contributed by atoms with Gasteiger partial charge in [0.2, 0.25) is 0 Å². The number of aliphatic carboxylic acids is 1. The average Bonchev–Trinajstić information content (AvgIpc) is 2.36. The van der Waals surface area contributed by atoms with Crippen LogP contribution < -0.4 is 0 Å². The number of carboxylic acids is 1. The summed E-state index contributed by atoms with van der Waals surface area (Å²) >= 11 is 0. The third kappa shape index (κ3) is 4.31. The van der Waals surface area contributed by atoms with Crippen LogP contribution in [0.1, 0.15) is 31.1 Å².